The molecule has 1 saturated heterocycles. The van der Waals surface area contributed by atoms with Gasteiger partial charge in [0.15, 0.2) is 18.1 Å². The summed E-state index contributed by atoms with van der Waals surface area (Å²) in [5, 5.41) is 0. The highest BCUT2D eigenvalue weighted by atomic mass is 16.6. The molecule has 34 heavy (non-hydrogen) atoms. The first kappa shape index (κ1) is 23.6. The average molecular weight is 462 g/mol. The van der Waals surface area contributed by atoms with Gasteiger partial charge in [0.1, 0.15) is 12.4 Å². The van der Waals surface area contributed by atoms with Crippen LogP contribution in [0.5, 0.6) is 11.5 Å². The molecule has 1 aromatic heterocycles. The van der Waals surface area contributed by atoms with Crippen LogP contribution in [0.25, 0.3) is 0 Å². The maximum atomic E-state index is 11.9. The van der Waals surface area contributed by atoms with Gasteiger partial charge in [-0.15, -0.1) is 0 Å². The maximum absolute atomic E-state index is 11.9. The van der Waals surface area contributed by atoms with E-state index in [-0.39, 0.29) is 6.61 Å². The molecule has 4 rings (SSSR count). The van der Waals surface area contributed by atoms with Crippen molar-refractivity contribution < 1.29 is 19.0 Å². The minimum absolute atomic E-state index is 0.151. The third kappa shape index (κ3) is 6.71. The lowest BCUT2D eigenvalue weighted by atomic mass is 10.1. The molecule has 3 aromatic rings. The first-order valence-corrected chi connectivity index (χ1v) is 11.7. The summed E-state index contributed by atoms with van der Waals surface area (Å²) in [7, 11) is 0. The molecular formula is C27H31N3O4. The summed E-state index contributed by atoms with van der Waals surface area (Å²) in [6.45, 7) is 6.93. The molecule has 0 bridgehead atoms. The third-order valence-electron chi connectivity index (χ3n) is 5.65. The van der Waals surface area contributed by atoms with Crippen molar-refractivity contribution in [2.75, 3.05) is 44.3 Å². The number of esters is 1. The van der Waals surface area contributed by atoms with Crippen molar-refractivity contribution in [3.63, 3.8) is 0 Å². The zero-order valence-electron chi connectivity index (χ0n) is 19.6. The second-order valence-electron chi connectivity index (χ2n) is 8.10. The van der Waals surface area contributed by atoms with E-state index in [1.165, 1.54) is 0 Å². The number of ether oxygens (including phenoxy) is 3. The highest BCUT2D eigenvalue weighted by molar-refractivity contribution is 5.71. The molecule has 2 heterocycles. The van der Waals surface area contributed by atoms with E-state index in [0.717, 1.165) is 49.7 Å². The van der Waals surface area contributed by atoms with E-state index in [4.69, 9.17) is 14.2 Å². The molecule has 7 nitrogen and oxygen atoms in total. The number of carbonyl (C=O) groups is 1. The molecule has 1 fully saturated rings. The van der Waals surface area contributed by atoms with Gasteiger partial charge in [0.25, 0.3) is 0 Å². The van der Waals surface area contributed by atoms with Crippen LogP contribution in [-0.2, 0) is 22.7 Å². The Balaban J connectivity index is 1.39. The van der Waals surface area contributed by atoms with Crippen LogP contribution in [0.2, 0.25) is 0 Å². The number of benzene rings is 2. The average Bonchev–Trinajstić information content (AvgIpc) is 2.88. The normalized spacial score (nSPS) is 14.0. The summed E-state index contributed by atoms with van der Waals surface area (Å²) >= 11 is 0. The summed E-state index contributed by atoms with van der Waals surface area (Å²) in [5.41, 5.74) is 2.17. The molecular weight excluding hydrogens is 430 g/mol. The Bertz CT molecular complexity index is 1040. The highest BCUT2D eigenvalue weighted by Crippen LogP contribution is 2.30. The number of anilines is 1. The van der Waals surface area contributed by atoms with E-state index in [0.29, 0.717) is 24.7 Å². The van der Waals surface area contributed by atoms with Crippen LogP contribution in [0.15, 0.2) is 72.9 Å². The molecule has 0 N–H and O–H groups in total. The lowest BCUT2D eigenvalue weighted by Gasteiger charge is -2.35. The van der Waals surface area contributed by atoms with Gasteiger partial charge >= 0.3 is 5.97 Å². The van der Waals surface area contributed by atoms with Gasteiger partial charge in [-0.2, -0.15) is 0 Å². The van der Waals surface area contributed by atoms with Gasteiger partial charge in [0.05, 0.1) is 6.61 Å². The quantitative estimate of drug-likeness (QED) is 0.424. The molecule has 7 heteroatoms. The Morgan fingerprint density at radius 1 is 0.882 bits per heavy atom. The van der Waals surface area contributed by atoms with Crippen LogP contribution in [0, 0.1) is 0 Å². The van der Waals surface area contributed by atoms with Gasteiger partial charge < -0.3 is 19.1 Å². The summed E-state index contributed by atoms with van der Waals surface area (Å²) in [5.74, 6) is 1.79. The minimum Gasteiger partial charge on any atom is -0.485 e. The fourth-order valence-electron chi connectivity index (χ4n) is 3.89. The van der Waals surface area contributed by atoms with Gasteiger partial charge in [0.2, 0.25) is 0 Å². The van der Waals surface area contributed by atoms with Gasteiger partial charge in [-0.25, -0.2) is 9.78 Å². The Kier molecular flexibility index (Phi) is 8.35. The van der Waals surface area contributed by atoms with Crippen molar-refractivity contribution in [3.8, 4) is 11.5 Å². The van der Waals surface area contributed by atoms with Crippen LogP contribution < -0.4 is 14.4 Å². The van der Waals surface area contributed by atoms with Crippen LogP contribution in [0.1, 0.15) is 18.1 Å². The minimum atomic E-state index is -0.396. The third-order valence-corrected chi connectivity index (χ3v) is 5.65. The molecule has 0 spiro atoms. The standard InChI is InChI=1S/C27H31N3O4/c1-2-32-27(31)21-34-25-18-23(11-12-24(25)33-20-22-8-4-3-5-9-22)19-29-14-16-30(17-15-29)26-10-6-7-13-28-26/h3-13,18H,2,14-17,19-21H2,1H3. The molecule has 1 aliphatic heterocycles. The lowest BCUT2D eigenvalue weighted by Crippen LogP contribution is -2.46. The largest absolute Gasteiger partial charge is 0.485 e. The van der Waals surface area contributed by atoms with Crippen LogP contribution in [0.3, 0.4) is 0 Å². The number of piperazine rings is 1. The molecule has 1 aliphatic rings. The maximum Gasteiger partial charge on any atom is 0.344 e. The van der Waals surface area contributed by atoms with E-state index in [1.807, 2.05) is 60.8 Å². The van der Waals surface area contributed by atoms with Crippen molar-refractivity contribution in [3.05, 3.63) is 84.1 Å². The Morgan fingerprint density at radius 3 is 2.41 bits per heavy atom. The number of hydrogen-bond donors (Lipinski definition) is 0. The molecule has 0 aliphatic carbocycles. The van der Waals surface area contributed by atoms with Gasteiger partial charge in [-0.05, 0) is 42.3 Å². The van der Waals surface area contributed by atoms with Crippen molar-refractivity contribution >= 4 is 11.8 Å². The van der Waals surface area contributed by atoms with Gasteiger partial charge in [-0.3, -0.25) is 4.90 Å². The summed E-state index contributed by atoms with van der Waals surface area (Å²) < 4.78 is 16.8. The SMILES string of the molecule is CCOC(=O)COc1cc(CN2CCN(c3ccccn3)CC2)ccc1OCc1ccccc1. The summed E-state index contributed by atoms with van der Waals surface area (Å²) in [4.78, 5) is 21.0. The van der Waals surface area contributed by atoms with Gasteiger partial charge in [-0.1, -0.05) is 42.5 Å². The molecule has 0 unspecified atom stereocenters. The van der Waals surface area contributed by atoms with Crippen LogP contribution in [0.4, 0.5) is 5.82 Å². The number of aromatic nitrogens is 1. The van der Waals surface area contributed by atoms with Crippen molar-refractivity contribution in [2.24, 2.45) is 0 Å². The predicted octanol–water partition coefficient (Wildman–Crippen LogP) is 3.92. The van der Waals surface area contributed by atoms with E-state index in [1.54, 1.807) is 6.92 Å². The van der Waals surface area contributed by atoms with Crippen molar-refractivity contribution in [2.45, 2.75) is 20.1 Å². The zero-order chi connectivity index (χ0) is 23.6. The van der Waals surface area contributed by atoms with Crippen molar-refractivity contribution in [1.29, 1.82) is 0 Å². The first-order chi connectivity index (χ1) is 16.7. The van der Waals surface area contributed by atoms with Crippen LogP contribution in [-0.4, -0.2) is 55.2 Å². The van der Waals surface area contributed by atoms with E-state index >= 15 is 0 Å². The number of hydrogen-bond acceptors (Lipinski definition) is 7. The summed E-state index contributed by atoms with van der Waals surface area (Å²) in [6, 6.07) is 21.9. The Hall–Kier alpha value is -3.58. The topological polar surface area (TPSA) is 64.1 Å². The Labute approximate surface area is 200 Å². The molecule has 0 amide bonds. The fraction of sp³-hybridized carbons (Fsp3) is 0.333. The molecule has 0 atom stereocenters. The monoisotopic (exact) mass is 461 g/mol. The second-order valence-corrected chi connectivity index (χ2v) is 8.10. The first-order valence-electron chi connectivity index (χ1n) is 11.7. The highest BCUT2D eigenvalue weighted by Gasteiger charge is 2.19. The Morgan fingerprint density at radius 2 is 1.68 bits per heavy atom. The molecule has 2 aromatic carbocycles. The summed E-state index contributed by atoms with van der Waals surface area (Å²) in [6.07, 6.45) is 1.83. The van der Waals surface area contributed by atoms with Crippen LogP contribution >= 0.6 is 0 Å². The number of pyridine rings is 1. The predicted molar refractivity (Wildman–Crippen MR) is 131 cm³/mol. The fourth-order valence-corrected chi connectivity index (χ4v) is 3.89. The number of carbonyl (C=O) groups excluding carboxylic acids is 1. The van der Waals surface area contributed by atoms with Crippen molar-refractivity contribution in [1.82, 2.24) is 9.88 Å². The molecule has 0 radical (unpaired) electrons. The lowest BCUT2D eigenvalue weighted by molar-refractivity contribution is -0.145. The molecule has 178 valence electrons. The van der Waals surface area contributed by atoms with E-state index in [2.05, 4.69) is 26.9 Å². The zero-order valence-corrected chi connectivity index (χ0v) is 19.6. The smallest absolute Gasteiger partial charge is 0.344 e. The number of nitrogens with zero attached hydrogens (tertiary/aromatic N) is 3. The van der Waals surface area contributed by atoms with E-state index < -0.39 is 5.97 Å². The van der Waals surface area contributed by atoms with E-state index in [9.17, 15) is 4.79 Å². The second kappa shape index (κ2) is 12.0. The molecule has 0 saturated carbocycles. The number of rotatable bonds is 10. The van der Waals surface area contributed by atoms with Gasteiger partial charge in [0, 0.05) is 38.9 Å².